The predicted octanol–water partition coefficient (Wildman–Crippen LogP) is 0.542. The average molecular weight is 216 g/mol. The predicted molar refractivity (Wildman–Crippen MR) is 60.7 cm³/mol. The first-order chi connectivity index (χ1) is 6.77. The number of nitrogens with zero attached hydrogens (tertiary/aromatic N) is 1. The van der Waals surface area contributed by atoms with Gasteiger partial charge >= 0.3 is 0 Å². The Bertz CT molecular complexity index is 197. The van der Waals surface area contributed by atoms with Crippen molar-refractivity contribution in [3.05, 3.63) is 0 Å². The molecule has 82 valence electrons. The van der Waals surface area contributed by atoms with Crippen LogP contribution in [0, 0.1) is 0 Å². The fourth-order valence-corrected chi connectivity index (χ4v) is 3.92. The minimum Gasteiger partial charge on any atom is -0.379 e. The summed E-state index contributed by atoms with van der Waals surface area (Å²) in [6.45, 7) is 6.98. The topological polar surface area (TPSA) is 38.5 Å². The fourth-order valence-electron chi connectivity index (χ4n) is 2.48. The van der Waals surface area contributed by atoms with E-state index in [9.17, 15) is 0 Å². The molecule has 4 heteroatoms. The van der Waals surface area contributed by atoms with Crippen LogP contribution in [0.4, 0.5) is 0 Å². The largest absolute Gasteiger partial charge is 0.379 e. The Labute approximate surface area is 90.3 Å². The van der Waals surface area contributed by atoms with E-state index in [2.05, 4.69) is 23.6 Å². The van der Waals surface area contributed by atoms with Crippen LogP contribution in [0.3, 0.4) is 0 Å². The van der Waals surface area contributed by atoms with E-state index in [0.717, 1.165) is 38.1 Å². The first-order valence-electron chi connectivity index (χ1n) is 5.41. The Morgan fingerprint density at radius 2 is 2.21 bits per heavy atom. The van der Waals surface area contributed by atoms with Crippen molar-refractivity contribution < 1.29 is 4.74 Å². The molecule has 0 spiro atoms. The molecule has 0 bridgehead atoms. The molecule has 0 amide bonds. The van der Waals surface area contributed by atoms with E-state index in [1.54, 1.807) is 0 Å². The summed E-state index contributed by atoms with van der Waals surface area (Å²) in [6, 6.07) is 0. The summed E-state index contributed by atoms with van der Waals surface area (Å²) in [5.74, 6) is 1.20. The Kier molecular flexibility index (Phi) is 3.37. The van der Waals surface area contributed by atoms with Crippen molar-refractivity contribution in [3.8, 4) is 0 Å². The van der Waals surface area contributed by atoms with Crippen LogP contribution in [-0.2, 0) is 4.74 Å². The third-order valence-corrected chi connectivity index (χ3v) is 4.81. The second-order valence-corrected chi connectivity index (χ2v) is 5.78. The summed E-state index contributed by atoms with van der Waals surface area (Å²) in [4.78, 5) is 2.55. The Balaban J connectivity index is 2.03. The molecule has 0 saturated carbocycles. The SMILES string of the molecule is CC1CC(CN)(N2CCOCC2)CS1. The monoisotopic (exact) mass is 216 g/mol. The van der Waals surface area contributed by atoms with Gasteiger partial charge in [-0.25, -0.2) is 0 Å². The van der Waals surface area contributed by atoms with E-state index >= 15 is 0 Å². The first-order valence-corrected chi connectivity index (χ1v) is 6.46. The lowest BCUT2D eigenvalue weighted by atomic mass is 9.93. The van der Waals surface area contributed by atoms with E-state index in [-0.39, 0.29) is 5.54 Å². The van der Waals surface area contributed by atoms with Gasteiger partial charge in [-0.05, 0) is 6.42 Å². The normalized spacial score (nSPS) is 40.3. The lowest BCUT2D eigenvalue weighted by Gasteiger charge is -2.42. The molecule has 2 rings (SSSR count). The number of rotatable bonds is 2. The number of hydrogen-bond acceptors (Lipinski definition) is 4. The van der Waals surface area contributed by atoms with Crippen LogP contribution in [0.2, 0.25) is 0 Å². The second-order valence-electron chi connectivity index (χ2n) is 4.35. The van der Waals surface area contributed by atoms with Crippen LogP contribution < -0.4 is 5.73 Å². The molecule has 2 atom stereocenters. The molecule has 0 radical (unpaired) electrons. The lowest BCUT2D eigenvalue weighted by molar-refractivity contribution is -0.0118. The molecule has 3 nitrogen and oxygen atoms in total. The molecule has 0 aromatic heterocycles. The number of ether oxygens (including phenoxy) is 1. The van der Waals surface area contributed by atoms with Gasteiger partial charge in [-0.15, -0.1) is 0 Å². The van der Waals surface area contributed by atoms with Crippen molar-refractivity contribution in [3.63, 3.8) is 0 Å². The molecule has 2 unspecified atom stereocenters. The number of morpholine rings is 1. The van der Waals surface area contributed by atoms with Gasteiger partial charge in [0.2, 0.25) is 0 Å². The van der Waals surface area contributed by atoms with Crippen molar-refractivity contribution in [1.82, 2.24) is 4.90 Å². The van der Waals surface area contributed by atoms with Crippen molar-refractivity contribution in [1.29, 1.82) is 0 Å². The van der Waals surface area contributed by atoms with Crippen LogP contribution >= 0.6 is 11.8 Å². The minimum absolute atomic E-state index is 0.272. The van der Waals surface area contributed by atoms with E-state index < -0.39 is 0 Å². The van der Waals surface area contributed by atoms with Gasteiger partial charge in [0.25, 0.3) is 0 Å². The van der Waals surface area contributed by atoms with Gasteiger partial charge in [-0.3, -0.25) is 4.90 Å². The smallest absolute Gasteiger partial charge is 0.0594 e. The molecule has 2 aliphatic rings. The fraction of sp³-hybridized carbons (Fsp3) is 1.00. The van der Waals surface area contributed by atoms with E-state index in [0.29, 0.717) is 0 Å². The zero-order chi connectivity index (χ0) is 10.0. The van der Waals surface area contributed by atoms with Crippen LogP contribution in [0.1, 0.15) is 13.3 Å². The van der Waals surface area contributed by atoms with Crippen LogP contribution in [0.15, 0.2) is 0 Å². The summed E-state index contributed by atoms with van der Waals surface area (Å²) >= 11 is 2.06. The molecule has 2 N–H and O–H groups in total. The molecule has 2 fully saturated rings. The van der Waals surface area contributed by atoms with Gasteiger partial charge in [0.05, 0.1) is 13.2 Å². The molecule has 0 aromatic carbocycles. The van der Waals surface area contributed by atoms with Gasteiger partial charge in [0.1, 0.15) is 0 Å². The highest BCUT2D eigenvalue weighted by molar-refractivity contribution is 8.00. The van der Waals surface area contributed by atoms with Crippen molar-refractivity contribution in [2.45, 2.75) is 24.1 Å². The molecular formula is C10H20N2OS. The number of hydrogen-bond donors (Lipinski definition) is 1. The molecule has 2 saturated heterocycles. The van der Waals surface area contributed by atoms with E-state index in [1.165, 1.54) is 12.2 Å². The maximum atomic E-state index is 5.97. The summed E-state index contributed by atoms with van der Waals surface area (Å²) in [6.07, 6.45) is 1.24. The highest BCUT2D eigenvalue weighted by atomic mass is 32.2. The quantitative estimate of drug-likeness (QED) is 0.731. The highest BCUT2D eigenvalue weighted by Crippen LogP contribution is 2.38. The van der Waals surface area contributed by atoms with Crippen molar-refractivity contribution in [2.24, 2.45) is 5.73 Å². The van der Waals surface area contributed by atoms with E-state index in [4.69, 9.17) is 10.5 Å². The third kappa shape index (κ3) is 1.94. The van der Waals surface area contributed by atoms with Crippen molar-refractivity contribution >= 4 is 11.8 Å². The summed E-state index contributed by atoms with van der Waals surface area (Å²) in [7, 11) is 0. The summed E-state index contributed by atoms with van der Waals surface area (Å²) in [5, 5.41) is 0.765. The van der Waals surface area contributed by atoms with Crippen molar-refractivity contribution in [2.75, 3.05) is 38.6 Å². The molecule has 0 aromatic rings. The maximum Gasteiger partial charge on any atom is 0.0594 e. The third-order valence-electron chi connectivity index (χ3n) is 3.37. The van der Waals surface area contributed by atoms with Crippen LogP contribution in [0.5, 0.6) is 0 Å². The molecule has 14 heavy (non-hydrogen) atoms. The van der Waals surface area contributed by atoms with Crippen LogP contribution in [-0.4, -0.2) is 54.3 Å². The zero-order valence-corrected chi connectivity index (χ0v) is 9.68. The lowest BCUT2D eigenvalue weighted by Crippen LogP contribution is -2.57. The summed E-state index contributed by atoms with van der Waals surface area (Å²) in [5.41, 5.74) is 6.24. The second kappa shape index (κ2) is 4.39. The Morgan fingerprint density at radius 3 is 2.71 bits per heavy atom. The molecule has 2 heterocycles. The summed E-state index contributed by atoms with van der Waals surface area (Å²) < 4.78 is 5.39. The minimum atomic E-state index is 0.272. The number of thioether (sulfide) groups is 1. The molecule has 0 aliphatic carbocycles. The molecular weight excluding hydrogens is 196 g/mol. The van der Waals surface area contributed by atoms with Gasteiger partial charge in [-0.1, -0.05) is 6.92 Å². The van der Waals surface area contributed by atoms with Gasteiger partial charge in [0, 0.05) is 36.2 Å². The van der Waals surface area contributed by atoms with Gasteiger partial charge in [-0.2, -0.15) is 11.8 Å². The zero-order valence-electron chi connectivity index (χ0n) is 8.87. The molecule has 2 aliphatic heterocycles. The van der Waals surface area contributed by atoms with Gasteiger partial charge < -0.3 is 10.5 Å². The average Bonchev–Trinajstić information content (AvgIpc) is 2.63. The van der Waals surface area contributed by atoms with Gasteiger partial charge in [0.15, 0.2) is 0 Å². The first kappa shape index (κ1) is 10.7. The standard InChI is InChI=1S/C10H20N2OS/c1-9-6-10(7-11,8-14-9)12-2-4-13-5-3-12/h9H,2-8,11H2,1H3. The Hall–Kier alpha value is 0.230. The maximum absolute atomic E-state index is 5.97. The number of nitrogens with two attached hydrogens (primary N) is 1. The highest BCUT2D eigenvalue weighted by Gasteiger charge is 2.42. The van der Waals surface area contributed by atoms with E-state index in [1.807, 2.05) is 0 Å². The van der Waals surface area contributed by atoms with Crippen LogP contribution in [0.25, 0.3) is 0 Å². The Morgan fingerprint density at radius 1 is 1.50 bits per heavy atom.